The zero-order valence-corrected chi connectivity index (χ0v) is 9.45. The molecule has 0 fully saturated rings. The van der Waals surface area contributed by atoms with E-state index in [1.165, 1.54) is 6.07 Å². The van der Waals surface area contributed by atoms with E-state index < -0.39 is 10.2 Å². The third-order valence-electron chi connectivity index (χ3n) is 1.18. The van der Waals surface area contributed by atoms with Crippen molar-refractivity contribution < 1.29 is 8.42 Å². The van der Waals surface area contributed by atoms with Crippen LogP contribution in [0, 0.1) is 0 Å². The highest BCUT2D eigenvalue weighted by molar-refractivity contribution is 9.10. The molecule has 13 heavy (non-hydrogen) atoms. The second kappa shape index (κ2) is 3.83. The van der Waals surface area contributed by atoms with Crippen LogP contribution in [-0.4, -0.2) is 8.42 Å². The smallest absolute Gasteiger partial charge is 0.270 e. The van der Waals surface area contributed by atoms with E-state index in [9.17, 15) is 8.42 Å². The Hall–Kier alpha value is -0.300. The SMILES string of the molecule is NS(=O)(=O)Nc1ccc(Br)cc1Cl. The third kappa shape index (κ3) is 3.51. The first-order valence-corrected chi connectivity index (χ1v) is 5.86. The lowest BCUT2D eigenvalue weighted by molar-refractivity contribution is 0.603. The summed E-state index contributed by atoms with van der Waals surface area (Å²) < 4.78 is 24.1. The maximum Gasteiger partial charge on any atom is 0.296 e. The molecule has 0 saturated heterocycles. The molecule has 0 radical (unpaired) electrons. The Kier molecular flexibility index (Phi) is 3.18. The predicted molar refractivity (Wildman–Crippen MR) is 55.9 cm³/mol. The van der Waals surface area contributed by atoms with E-state index in [0.717, 1.165) is 4.47 Å². The molecule has 0 aromatic heterocycles. The van der Waals surface area contributed by atoms with Gasteiger partial charge < -0.3 is 0 Å². The number of nitrogens with one attached hydrogen (secondary N) is 1. The highest BCUT2D eigenvalue weighted by Crippen LogP contribution is 2.25. The van der Waals surface area contributed by atoms with Gasteiger partial charge in [0.15, 0.2) is 0 Å². The molecule has 0 aliphatic heterocycles. The number of benzene rings is 1. The molecule has 0 saturated carbocycles. The summed E-state index contributed by atoms with van der Waals surface area (Å²) in [4.78, 5) is 0. The standard InChI is InChI=1S/C6H6BrClN2O2S/c7-4-1-2-6(5(8)3-4)10-13(9,11)12/h1-3,10H,(H2,9,11,12). The molecule has 0 heterocycles. The fraction of sp³-hybridized carbons (Fsp3) is 0. The van der Waals surface area contributed by atoms with Gasteiger partial charge in [0.25, 0.3) is 10.2 Å². The molecule has 4 nitrogen and oxygen atoms in total. The van der Waals surface area contributed by atoms with E-state index in [1.54, 1.807) is 12.1 Å². The Morgan fingerprint density at radius 1 is 1.46 bits per heavy atom. The van der Waals surface area contributed by atoms with Crippen LogP contribution in [0.1, 0.15) is 0 Å². The van der Waals surface area contributed by atoms with Crippen LogP contribution in [0.2, 0.25) is 5.02 Å². The number of hydrogen-bond donors (Lipinski definition) is 2. The molecule has 0 spiro atoms. The Bertz CT molecular complexity index is 421. The van der Waals surface area contributed by atoms with Crippen LogP contribution in [0.5, 0.6) is 0 Å². The molecular formula is C6H6BrClN2O2S. The number of nitrogens with two attached hydrogens (primary N) is 1. The van der Waals surface area contributed by atoms with E-state index in [-0.39, 0.29) is 10.7 Å². The van der Waals surface area contributed by atoms with Gasteiger partial charge in [0, 0.05) is 4.47 Å². The van der Waals surface area contributed by atoms with Crippen LogP contribution in [0.15, 0.2) is 22.7 Å². The van der Waals surface area contributed by atoms with Crippen LogP contribution < -0.4 is 9.86 Å². The molecule has 0 bridgehead atoms. The monoisotopic (exact) mass is 284 g/mol. The second-order valence-corrected chi connectivity index (χ2v) is 4.89. The van der Waals surface area contributed by atoms with Gasteiger partial charge in [0.1, 0.15) is 0 Å². The van der Waals surface area contributed by atoms with Gasteiger partial charge in [-0.2, -0.15) is 8.42 Å². The fourth-order valence-corrected chi connectivity index (χ4v) is 1.99. The van der Waals surface area contributed by atoms with Crippen molar-refractivity contribution in [2.45, 2.75) is 0 Å². The summed E-state index contributed by atoms with van der Waals surface area (Å²) in [5.41, 5.74) is 0.257. The minimum Gasteiger partial charge on any atom is -0.270 e. The molecule has 7 heteroatoms. The summed E-state index contributed by atoms with van der Waals surface area (Å²) in [7, 11) is -3.76. The van der Waals surface area contributed by atoms with Crippen molar-refractivity contribution in [3.63, 3.8) is 0 Å². The minimum atomic E-state index is -3.76. The van der Waals surface area contributed by atoms with Crippen molar-refractivity contribution in [1.82, 2.24) is 0 Å². The molecule has 3 N–H and O–H groups in total. The highest BCUT2D eigenvalue weighted by atomic mass is 79.9. The molecule has 0 aliphatic rings. The summed E-state index contributed by atoms with van der Waals surface area (Å²) in [5.74, 6) is 0. The highest BCUT2D eigenvalue weighted by Gasteiger charge is 2.05. The van der Waals surface area contributed by atoms with Gasteiger partial charge in [0.2, 0.25) is 0 Å². The van der Waals surface area contributed by atoms with E-state index >= 15 is 0 Å². The summed E-state index contributed by atoms with van der Waals surface area (Å²) in [5, 5.41) is 5.05. The van der Waals surface area contributed by atoms with Gasteiger partial charge in [-0.05, 0) is 18.2 Å². The third-order valence-corrected chi connectivity index (χ3v) is 2.49. The largest absolute Gasteiger partial charge is 0.296 e. The molecule has 0 amide bonds. The van der Waals surface area contributed by atoms with Gasteiger partial charge >= 0.3 is 0 Å². The molecule has 1 rings (SSSR count). The van der Waals surface area contributed by atoms with Gasteiger partial charge in [-0.3, -0.25) is 4.72 Å². The topological polar surface area (TPSA) is 72.2 Å². The van der Waals surface area contributed by atoms with Crippen molar-refractivity contribution in [3.8, 4) is 0 Å². The van der Waals surface area contributed by atoms with Gasteiger partial charge in [-0.25, -0.2) is 5.14 Å². The zero-order chi connectivity index (χ0) is 10.1. The van der Waals surface area contributed by atoms with Crippen molar-refractivity contribution >= 4 is 43.4 Å². The Labute approximate surface area is 89.4 Å². The second-order valence-electron chi connectivity index (χ2n) is 2.27. The summed E-state index contributed by atoms with van der Waals surface area (Å²) >= 11 is 8.91. The van der Waals surface area contributed by atoms with Crippen LogP contribution >= 0.6 is 27.5 Å². The average molecular weight is 286 g/mol. The molecular weight excluding hydrogens is 280 g/mol. The average Bonchev–Trinajstić information content (AvgIpc) is 1.93. The number of halogens is 2. The van der Waals surface area contributed by atoms with Crippen LogP contribution in [0.3, 0.4) is 0 Å². The first-order valence-electron chi connectivity index (χ1n) is 3.14. The van der Waals surface area contributed by atoms with Crippen molar-refractivity contribution in [3.05, 3.63) is 27.7 Å². The number of anilines is 1. The molecule has 0 aliphatic carbocycles. The van der Waals surface area contributed by atoms with Crippen LogP contribution in [0.25, 0.3) is 0 Å². The van der Waals surface area contributed by atoms with E-state index in [0.29, 0.717) is 0 Å². The van der Waals surface area contributed by atoms with E-state index in [2.05, 4.69) is 20.7 Å². The Morgan fingerprint density at radius 2 is 2.08 bits per heavy atom. The molecule has 0 unspecified atom stereocenters. The fourth-order valence-electron chi connectivity index (χ4n) is 0.726. The first kappa shape index (κ1) is 10.8. The molecule has 0 atom stereocenters. The maximum atomic E-state index is 10.6. The first-order chi connectivity index (χ1) is 5.88. The van der Waals surface area contributed by atoms with E-state index in [4.69, 9.17) is 16.7 Å². The van der Waals surface area contributed by atoms with Crippen LogP contribution in [0.4, 0.5) is 5.69 Å². The van der Waals surface area contributed by atoms with Gasteiger partial charge in [-0.15, -0.1) is 0 Å². The quantitative estimate of drug-likeness (QED) is 0.868. The Balaban J connectivity index is 3.04. The normalized spacial score (nSPS) is 11.3. The van der Waals surface area contributed by atoms with Gasteiger partial charge in [0.05, 0.1) is 10.7 Å². The summed E-state index contributed by atoms with van der Waals surface area (Å²) in [6.45, 7) is 0. The molecule has 1 aromatic rings. The number of hydrogen-bond acceptors (Lipinski definition) is 2. The van der Waals surface area contributed by atoms with Crippen molar-refractivity contribution in [2.75, 3.05) is 4.72 Å². The Morgan fingerprint density at radius 3 is 2.54 bits per heavy atom. The maximum absolute atomic E-state index is 10.6. The van der Waals surface area contributed by atoms with Gasteiger partial charge in [-0.1, -0.05) is 27.5 Å². The summed E-state index contributed by atoms with van der Waals surface area (Å²) in [6, 6.07) is 4.73. The lowest BCUT2D eigenvalue weighted by Crippen LogP contribution is -2.21. The predicted octanol–water partition coefficient (Wildman–Crippen LogP) is 1.72. The lowest BCUT2D eigenvalue weighted by Gasteiger charge is -2.05. The summed E-state index contributed by atoms with van der Waals surface area (Å²) in [6.07, 6.45) is 0. The van der Waals surface area contributed by atoms with Crippen molar-refractivity contribution in [1.29, 1.82) is 0 Å². The van der Waals surface area contributed by atoms with Crippen molar-refractivity contribution in [2.24, 2.45) is 5.14 Å². The number of rotatable bonds is 2. The molecule has 1 aromatic carbocycles. The zero-order valence-electron chi connectivity index (χ0n) is 6.29. The van der Waals surface area contributed by atoms with E-state index in [1.807, 2.05) is 0 Å². The minimum absolute atomic E-state index is 0.257. The lowest BCUT2D eigenvalue weighted by atomic mass is 10.3. The van der Waals surface area contributed by atoms with Crippen LogP contribution in [-0.2, 0) is 10.2 Å². The molecule has 72 valence electrons.